The maximum atomic E-state index is 13.2. The summed E-state index contributed by atoms with van der Waals surface area (Å²) in [4.78, 5) is 8.39. The van der Waals surface area contributed by atoms with Crippen LogP contribution in [0.15, 0.2) is 58.8 Å². The highest BCUT2D eigenvalue weighted by Gasteiger charge is 2.38. The third kappa shape index (κ3) is 9.18. The number of hydrogen-bond donors (Lipinski definition) is 0. The van der Waals surface area contributed by atoms with Crippen LogP contribution in [0.25, 0.3) is 0 Å². The molecule has 2 rings (SSSR count). The summed E-state index contributed by atoms with van der Waals surface area (Å²) < 4.78 is 97.8. The van der Waals surface area contributed by atoms with Gasteiger partial charge in [-0.25, -0.2) is 4.89 Å². The lowest BCUT2D eigenvalue weighted by Gasteiger charge is -2.12. The minimum absolute atomic E-state index is 0.00829. The van der Waals surface area contributed by atoms with Gasteiger partial charge in [0.1, 0.15) is 31.8 Å². The van der Waals surface area contributed by atoms with E-state index in [1.807, 2.05) is 0 Å². The predicted molar refractivity (Wildman–Crippen MR) is 113 cm³/mol. The summed E-state index contributed by atoms with van der Waals surface area (Å²) in [6.07, 6.45) is -9.49. The van der Waals surface area contributed by atoms with Gasteiger partial charge in [0.15, 0.2) is 11.4 Å². The predicted octanol–water partition coefficient (Wildman–Crippen LogP) is 5.48. The highest BCUT2D eigenvalue weighted by atomic mass is 32.2. The van der Waals surface area contributed by atoms with E-state index in [0.717, 1.165) is 26.4 Å². The molecule has 0 aliphatic rings. The fourth-order valence-corrected chi connectivity index (χ4v) is 2.64. The number of benzene rings is 2. The number of alkyl halides is 6. The molecule has 192 valence electrons. The minimum Gasteiger partial charge on any atom is -0.490 e. The maximum Gasteiger partial charge on any atom is 0.437 e. The second kappa shape index (κ2) is 13.1. The first kappa shape index (κ1) is 28.1. The molecule has 15 heteroatoms. The summed E-state index contributed by atoms with van der Waals surface area (Å²) >= 11 is 0.103. The van der Waals surface area contributed by atoms with Crippen LogP contribution in [0.2, 0.25) is 0 Å². The van der Waals surface area contributed by atoms with Crippen molar-refractivity contribution in [1.29, 1.82) is 0 Å². The first-order valence-electron chi connectivity index (χ1n) is 9.39. The number of oxime groups is 2. The summed E-state index contributed by atoms with van der Waals surface area (Å²) in [7, 11) is 2.14. The third-order valence-electron chi connectivity index (χ3n) is 3.85. The molecule has 0 unspecified atom stereocenters. The van der Waals surface area contributed by atoms with Gasteiger partial charge in [0.25, 0.3) is 12.3 Å². The molecule has 0 aliphatic heterocycles. The molecule has 0 aliphatic carbocycles. The van der Waals surface area contributed by atoms with E-state index in [9.17, 15) is 26.3 Å². The fraction of sp³-hybridized carbons (Fsp3) is 0.300. The topological polar surface area (TPSA) is 80.1 Å². The van der Waals surface area contributed by atoms with Crippen LogP contribution in [-0.4, -0.2) is 51.2 Å². The summed E-state index contributed by atoms with van der Waals surface area (Å²) in [5, 5.41) is 5.99. The second-order valence-electron chi connectivity index (χ2n) is 6.18. The second-order valence-corrected chi connectivity index (χ2v) is 6.60. The molecular formula is C20H18F6N2O6S. The Hall–Kier alpha value is -3.17. The SMILES string of the molecule is CO/N=C(/c1ccc(OCCOc2ccc(C(=NOSOOC)C(F)(F)F)cc2)cc1)C(F)(F)F. The summed E-state index contributed by atoms with van der Waals surface area (Å²) in [6, 6.07) is 9.82. The van der Waals surface area contributed by atoms with Gasteiger partial charge in [-0.15, -0.1) is 4.33 Å². The van der Waals surface area contributed by atoms with E-state index in [1.54, 1.807) is 0 Å². The minimum atomic E-state index is -4.80. The number of hydrogen-bond acceptors (Lipinski definition) is 9. The molecule has 0 amide bonds. The molecule has 0 saturated carbocycles. The molecule has 0 N–H and O–H groups in total. The van der Waals surface area contributed by atoms with Crippen molar-refractivity contribution >= 4 is 23.7 Å². The Morgan fingerprint density at radius 3 is 1.51 bits per heavy atom. The van der Waals surface area contributed by atoms with Gasteiger partial charge in [0.05, 0.1) is 7.11 Å². The Bertz CT molecular complexity index is 982. The van der Waals surface area contributed by atoms with Crippen molar-refractivity contribution in [3.05, 3.63) is 59.7 Å². The van der Waals surface area contributed by atoms with Gasteiger partial charge < -0.3 is 14.3 Å². The molecule has 0 heterocycles. The number of ether oxygens (including phenoxy) is 2. The van der Waals surface area contributed by atoms with E-state index >= 15 is 0 Å². The van der Waals surface area contributed by atoms with Crippen molar-refractivity contribution in [1.82, 2.24) is 0 Å². The standard InChI is InChI=1S/C20H18F6N2O6S/c1-29-27-17(19(21,22)23)13-3-7-15(8-4-13)31-11-12-32-16-9-5-14(6-10-16)18(20(24,25)26)28-33-35-34-30-2/h3-10H,11-12H2,1-2H3/b27-17-,28-18?. The average Bonchev–Trinajstić information content (AvgIpc) is 2.80. The number of halogens is 6. The molecule has 0 saturated heterocycles. The molecule has 2 aromatic rings. The highest BCUT2D eigenvalue weighted by Crippen LogP contribution is 2.26. The quantitative estimate of drug-likeness (QED) is 0.0901. The van der Waals surface area contributed by atoms with Crippen LogP contribution in [0.1, 0.15) is 11.1 Å². The molecule has 0 fully saturated rings. The lowest BCUT2D eigenvalue weighted by atomic mass is 10.1. The van der Waals surface area contributed by atoms with E-state index in [4.69, 9.17) is 9.47 Å². The Labute approximate surface area is 199 Å². The van der Waals surface area contributed by atoms with Crippen molar-refractivity contribution in [2.24, 2.45) is 10.3 Å². The van der Waals surface area contributed by atoms with Crippen LogP contribution in [0.3, 0.4) is 0 Å². The van der Waals surface area contributed by atoms with Crippen LogP contribution >= 0.6 is 12.3 Å². The molecule has 0 atom stereocenters. The smallest absolute Gasteiger partial charge is 0.437 e. The molecule has 2 aromatic carbocycles. The van der Waals surface area contributed by atoms with Gasteiger partial charge >= 0.3 is 12.4 Å². The maximum absolute atomic E-state index is 13.2. The number of rotatable bonds is 12. The first-order valence-corrected chi connectivity index (χ1v) is 10.1. The lowest BCUT2D eigenvalue weighted by molar-refractivity contribution is -0.166. The molecule has 0 aromatic heterocycles. The van der Waals surface area contributed by atoms with Crippen molar-refractivity contribution < 1.29 is 54.2 Å². The van der Waals surface area contributed by atoms with Crippen LogP contribution in [0, 0.1) is 0 Å². The molecule has 0 bridgehead atoms. The van der Waals surface area contributed by atoms with Crippen LogP contribution in [-0.2, 0) is 18.3 Å². The normalized spacial score (nSPS) is 12.9. The first-order chi connectivity index (χ1) is 16.6. The lowest BCUT2D eigenvalue weighted by Crippen LogP contribution is -2.24. The fourth-order valence-electron chi connectivity index (χ4n) is 2.46. The summed E-state index contributed by atoms with van der Waals surface area (Å²) in [5.74, 6) is 0.519. The largest absolute Gasteiger partial charge is 0.490 e. The zero-order valence-electron chi connectivity index (χ0n) is 18.1. The molecule has 35 heavy (non-hydrogen) atoms. The third-order valence-corrected chi connectivity index (χ3v) is 4.18. The van der Waals surface area contributed by atoms with E-state index in [1.165, 1.54) is 36.4 Å². The van der Waals surface area contributed by atoms with Crippen molar-refractivity contribution in [3.8, 4) is 11.5 Å². The van der Waals surface area contributed by atoms with E-state index < -0.39 is 23.8 Å². The van der Waals surface area contributed by atoms with E-state index in [0.29, 0.717) is 0 Å². The van der Waals surface area contributed by atoms with Crippen LogP contribution in [0.5, 0.6) is 11.5 Å². The summed E-state index contributed by atoms with van der Waals surface area (Å²) in [5.41, 5.74) is -2.98. The molecular weight excluding hydrogens is 510 g/mol. The molecule has 0 spiro atoms. The van der Waals surface area contributed by atoms with Gasteiger partial charge in [-0.2, -0.15) is 26.3 Å². The highest BCUT2D eigenvalue weighted by molar-refractivity contribution is 7.89. The van der Waals surface area contributed by atoms with Crippen LogP contribution in [0.4, 0.5) is 26.3 Å². The Morgan fingerprint density at radius 1 is 0.714 bits per heavy atom. The molecule has 0 radical (unpaired) electrons. The zero-order valence-corrected chi connectivity index (χ0v) is 18.9. The number of nitrogens with zero attached hydrogens (tertiary/aromatic N) is 2. The monoisotopic (exact) mass is 528 g/mol. The molecule has 8 nitrogen and oxygen atoms in total. The van der Waals surface area contributed by atoms with Crippen molar-refractivity contribution in [2.45, 2.75) is 12.4 Å². The Kier molecular flexibility index (Phi) is 10.5. The van der Waals surface area contributed by atoms with Gasteiger partial charge in [-0.3, -0.25) is 4.28 Å². The van der Waals surface area contributed by atoms with E-state index in [-0.39, 0.29) is 48.2 Å². The van der Waals surface area contributed by atoms with Gasteiger partial charge in [-0.1, -0.05) is 10.3 Å². The van der Waals surface area contributed by atoms with Crippen molar-refractivity contribution in [2.75, 3.05) is 27.4 Å². The van der Waals surface area contributed by atoms with Gasteiger partial charge in [-0.05, 0) is 48.5 Å². The Balaban J connectivity index is 1.90. The van der Waals surface area contributed by atoms with E-state index in [2.05, 4.69) is 28.7 Å². The zero-order chi connectivity index (χ0) is 25.9. The van der Waals surface area contributed by atoms with Gasteiger partial charge in [0.2, 0.25) is 0 Å². The van der Waals surface area contributed by atoms with Gasteiger partial charge in [0, 0.05) is 11.1 Å². The summed E-state index contributed by atoms with van der Waals surface area (Å²) in [6.45, 7) is 0.0214. The average molecular weight is 528 g/mol. The van der Waals surface area contributed by atoms with Crippen molar-refractivity contribution in [3.63, 3.8) is 0 Å². The van der Waals surface area contributed by atoms with Crippen LogP contribution < -0.4 is 9.47 Å². The Morgan fingerprint density at radius 2 is 1.14 bits per heavy atom.